The van der Waals surface area contributed by atoms with Gasteiger partial charge < -0.3 is 9.88 Å². The van der Waals surface area contributed by atoms with E-state index < -0.39 is 0 Å². The molecule has 0 spiro atoms. The normalized spacial score (nSPS) is 11.1. The maximum Gasteiger partial charge on any atom is 0.234 e. The number of aromatic nitrogens is 3. The molecule has 1 aromatic carbocycles. The first-order valence-corrected chi connectivity index (χ1v) is 10.9. The first-order valence-electron chi connectivity index (χ1n) is 8.68. The fourth-order valence-corrected chi connectivity index (χ4v) is 4.36. The van der Waals surface area contributed by atoms with Crippen molar-refractivity contribution in [2.75, 3.05) is 11.1 Å². The molecule has 142 valence electrons. The molecule has 3 rings (SSSR count). The average molecular weight is 421 g/mol. The van der Waals surface area contributed by atoms with Crippen LogP contribution in [0.5, 0.6) is 0 Å². The SMILES string of the molecule is CCn1c(SCC(=O)Nc2ccc(Cl)cc2)nnc1-c1csc(C(C)C)c1. The van der Waals surface area contributed by atoms with Gasteiger partial charge in [-0.15, -0.1) is 21.5 Å². The highest BCUT2D eigenvalue weighted by molar-refractivity contribution is 7.99. The van der Waals surface area contributed by atoms with E-state index in [4.69, 9.17) is 11.6 Å². The molecule has 3 aromatic rings. The Balaban J connectivity index is 1.67. The molecule has 0 aliphatic rings. The predicted molar refractivity (Wildman–Crippen MR) is 114 cm³/mol. The number of nitrogens with one attached hydrogen (secondary N) is 1. The molecule has 0 atom stereocenters. The van der Waals surface area contributed by atoms with Crippen molar-refractivity contribution in [2.24, 2.45) is 0 Å². The molecular formula is C19H21ClN4OS2. The summed E-state index contributed by atoms with van der Waals surface area (Å²) in [5, 5.41) is 15.0. The Morgan fingerprint density at radius 1 is 1.30 bits per heavy atom. The van der Waals surface area contributed by atoms with Gasteiger partial charge in [0.05, 0.1) is 5.75 Å². The van der Waals surface area contributed by atoms with Crippen LogP contribution < -0.4 is 5.32 Å². The number of halogens is 1. The first-order chi connectivity index (χ1) is 13.0. The van der Waals surface area contributed by atoms with E-state index in [9.17, 15) is 4.79 Å². The van der Waals surface area contributed by atoms with E-state index in [0.717, 1.165) is 28.8 Å². The number of carbonyl (C=O) groups excluding carboxylic acids is 1. The highest BCUT2D eigenvalue weighted by atomic mass is 35.5. The van der Waals surface area contributed by atoms with Gasteiger partial charge >= 0.3 is 0 Å². The Labute approximate surface area is 172 Å². The third-order valence-corrected chi connectivity index (χ3v) is 6.39. The summed E-state index contributed by atoms with van der Waals surface area (Å²) in [6, 6.07) is 9.22. The van der Waals surface area contributed by atoms with E-state index in [1.54, 1.807) is 35.6 Å². The lowest BCUT2D eigenvalue weighted by molar-refractivity contribution is -0.113. The van der Waals surface area contributed by atoms with Gasteiger partial charge in [-0.1, -0.05) is 37.2 Å². The fourth-order valence-electron chi connectivity index (χ4n) is 2.53. The quantitative estimate of drug-likeness (QED) is 0.510. The molecule has 8 heteroatoms. The summed E-state index contributed by atoms with van der Waals surface area (Å²) >= 11 is 8.99. The van der Waals surface area contributed by atoms with Crippen LogP contribution in [0.4, 0.5) is 5.69 Å². The van der Waals surface area contributed by atoms with Gasteiger partial charge in [-0.05, 0) is 43.2 Å². The van der Waals surface area contributed by atoms with Gasteiger partial charge in [-0.25, -0.2) is 0 Å². The second-order valence-corrected chi connectivity index (χ2v) is 8.61. The molecule has 0 aliphatic heterocycles. The minimum absolute atomic E-state index is 0.0906. The minimum atomic E-state index is -0.0906. The second-order valence-electron chi connectivity index (χ2n) is 6.29. The third-order valence-electron chi connectivity index (χ3n) is 3.94. The van der Waals surface area contributed by atoms with Crippen molar-refractivity contribution in [1.29, 1.82) is 0 Å². The lowest BCUT2D eigenvalue weighted by Gasteiger charge is -2.07. The van der Waals surface area contributed by atoms with E-state index in [1.807, 2.05) is 4.57 Å². The number of benzene rings is 1. The maximum atomic E-state index is 12.2. The standard InChI is InChI=1S/C19H21ClN4OS2/c1-4-24-18(13-9-16(12(2)3)26-10-13)22-23-19(24)27-11-17(25)21-15-7-5-14(20)6-8-15/h5-10,12H,4,11H2,1-3H3,(H,21,25). The van der Waals surface area contributed by atoms with Crippen LogP contribution in [-0.4, -0.2) is 26.4 Å². The summed E-state index contributed by atoms with van der Waals surface area (Å²) in [4.78, 5) is 13.5. The Kier molecular flexibility index (Phi) is 6.57. The van der Waals surface area contributed by atoms with Crippen molar-refractivity contribution in [3.05, 3.63) is 45.6 Å². The lowest BCUT2D eigenvalue weighted by atomic mass is 10.1. The van der Waals surface area contributed by atoms with Gasteiger partial charge in [-0.3, -0.25) is 4.79 Å². The van der Waals surface area contributed by atoms with Gasteiger partial charge in [0.25, 0.3) is 0 Å². The smallest absolute Gasteiger partial charge is 0.234 e. The molecule has 5 nitrogen and oxygen atoms in total. The molecule has 0 unspecified atom stereocenters. The number of thioether (sulfide) groups is 1. The van der Waals surface area contributed by atoms with Crippen LogP contribution in [0, 0.1) is 0 Å². The highest BCUT2D eigenvalue weighted by Crippen LogP contribution is 2.31. The van der Waals surface area contributed by atoms with Crippen molar-refractivity contribution in [3.8, 4) is 11.4 Å². The van der Waals surface area contributed by atoms with Gasteiger partial charge in [0.15, 0.2) is 11.0 Å². The van der Waals surface area contributed by atoms with Crippen molar-refractivity contribution in [3.63, 3.8) is 0 Å². The zero-order chi connectivity index (χ0) is 19.4. The molecule has 0 aliphatic carbocycles. The number of anilines is 1. The van der Waals surface area contributed by atoms with E-state index >= 15 is 0 Å². The van der Waals surface area contributed by atoms with E-state index in [0.29, 0.717) is 10.9 Å². The number of carbonyl (C=O) groups is 1. The van der Waals surface area contributed by atoms with Gasteiger partial charge in [0, 0.05) is 33.1 Å². The Hall–Kier alpha value is -1.83. The summed E-state index contributed by atoms with van der Waals surface area (Å²) in [6.45, 7) is 7.16. The van der Waals surface area contributed by atoms with Crippen LogP contribution in [0.3, 0.4) is 0 Å². The van der Waals surface area contributed by atoms with E-state index in [2.05, 4.69) is 47.7 Å². The largest absolute Gasteiger partial charge is 0.325 e. The minimum Gasteiger partial charge on any atom is -0.325 e. The van der Waals surface area contributed by atoms with Crippen LogP contribution in [0.2, 0.25) is 5.02 Å². The molecule has 2 heterocycles. The molecule has 1 amide bonds. The van der Waals surface area contributed by atoms with E-state index in [1.165, 1.54) is 16.6 Å². The zero-order valence-electron chi connectivity index (χ0n) is 15.4. The van der Waals surface area contributed by atoms with Crippen LogP contribution >= 0.6 is 34.7 Å². The summed E-state index contributed by atoms with van der Waals surface area (Å²) in [7, 11) is 0. The van der Waals surface area contributed by atoms with Gasteiger partial charge in [0.2, 0.25) is 5.91 Å². The molecule has 0 bridgehead atoms. The van der Waals surface area contributed by atoms with Crippen molar-refractivity contribution < 1.29 is 4.79 Å². The van der Waals surface area contributed by atoms with E-state index in [-0.39, 0.29) is 11.7 Å². The summed E-state index contributed by atoms with van der Waals surface area (Å²) in [5.74, 6) is 1.52. The number of rotatable bonds is 7. The average Bonchev–Trinajstić information content (AvgIpc) is 3.28. The lowest BCUT2D eigenvalue weighted by Crippen LogP contribution is -2.14. The molecule has 0 saturated heterocycles. The number of hydrogen-bond donors (Lipinski definition) is 1. The Morgan fingerprint density at radius 2 is 2.04 bits per heavy atom. The van der Waals surface area contributed by atoms with Crippen molar-refractivity contribution in [2.45, 2.75) is 38.4 Å². The van der Waals surface area contributed by atoms with Crippen LogP contribution in [0.1, 0.15) is 31.6 Å². The molecule has 0 fully saturated rings. The Morgan fingerprint density at radius 3 is 2.67 bits per heavy atom. The number of hydrogen-bond acceptors (Lipinski definition) is 5. The molecule has 0 radical (unpaired) electrons. The van der Waals surface area contributed by atoms with Crippen LogP contribution in [0.15, 0.2) is 40.9 Å². The van der Waals surface area contributed by atoms with Gasteiger partial charge in [-0.2, -0.15) is 0 Å². The van der Waals surface area contributed by atoms with Crippen molar-refractivity contribution >= 4 is 46.3 Å². The van der Waals surface area contributed by atoms with Gasteiger partial charge in [0.1, 0.15) is 0 Å². The summed E-state index contributed by atoms with van der Waals surface area (Å²) in [6.07, 6.45) is 0. The topological polar surface area (TPSA) is 59.8 Å². The van der Waals surface area contributed by atoms with Crippen molar-refractivity contribution in [1.82, 2.24) is 14.8 Å². The van der Waals surface area contributed by atoms with Crippen LogP contribution in [0.25, 0.3) is 11.4 Å². The maximum absolute atomic E-state index is 12.2. The van der Waals surface area contributed by atoms with Crippen LogP contribution in [-0.2, 0) is 11.3 Å². The number of nitrogens with zero attached hydrogens (tertiary/aromatic N) is 3. The summed E-state index contributed by atoms with van der Waals surface area (Å²) in [5.41, 5.74) is 1.80. The first kappa shape index (κ1) is 19.9. The highest BCUT2D eigenvalue weighted by Gasteiger charge is 2.16. The fraction of sp³-hybridized carbons (Fsp3) is 0.316. The molecule has 0 saturated carbocycles. The molecule has 1 N–H and O–H groups in total. The summed E-state index contributed by atoms with van der Waals surface area (Å²) < 4.78 is 2.05. The predicted octanol–water partition coefficient (Wildman–Crippen LogP) is 5.53. The number of thiophene rings is 1. The second kappa shape index (κ2) is 8.91. The number of amides is 1. The monoisotopic (exact) mass is 420 g/mol. The zero-order valence-corrected chi connectivity index (χ0v) is 17.8. The molecule has 27 heavy (non-hydrogen) atoms. The molecular weight excluding hydrogens is 400 g/mol. The Bertz CT molecular complexity index is 918. The third kappa shape index (κ3) is 4.91. The molecule has 2 aromatic heterocycles.